The average Bonchev–Trinajstić information content (AvgIpc) is 3.09. The molecule has 0 aliphatic rings. The molecule has 1 heterocycles. The van der Waals surface area contributed by atoms with Crippen molar-refractivity contribution in [3.05, 3.63) is 65.4 Å². The van der Waals surface area contributed by atoms with Gasteiger partial charge in [-0.15, -0.1) is 0 Å². The Balaban J connectivity index is 1.57. The van der Waals surface area contributed by atoms with Crippen molar-refractivity contribution in [1.82, 2.24) is 10.9 Å². The molecule has 0 spiro atoms. The van der Waals surface area contributed by atoms with E-state index in [9.17, 15) is 9.59 Å². The molecular formula is C22H25N3O3. The van der Waals surface area contributed by atoms with Gasteiger partial charge in [0.15, 0.2) is 0 Å². The minimum atomic E-state index is -0.355. The average molecular weight is 379 g/mol. The Hall–Kier alpha value is -3.28. The second kappa shape index (κ2) is 8.61. The quantitative estimate of drug-likeness (QED) is 0.642. The largest absolute Gasteiger partial charge is 0.464 e. The number of benzene rings is 2. The lowest BCUT2D eigenvalue weighted by Gasteiger charge is -2.21. The van der Waals surface area contributed by atoms with E-state index in [-0.39, 0.29) is 18.2 Å². The van der Waals surface area contributed by atoms with Gasteiger partial charge in [-0.25, -0.2) is 0 Å². The lowest BCUT2D eigenvalue weighted by Crippen LogP contribution is -2.42. The van der Waals surface area contributed by atoms with E-state index in [0.29, 0.717) is 5.56 Å². The van der Waals surface area contributed by atoms with Crippen LogP contribution in [-0.4, -0.2) is 24.9 Å². The van der Waals surface area contributed by atoms with Crippen molar-refractivity contribution in [2.24, 2.45) is 0 Å². The topological polar surface area (TPSA) is 74.6 Å². The van der Waals surface area contributed by atoms with Gasteiger partial charge in [-0.05, 0) is 56.7 Å². The first-order valence-corrected chi connectivity index (χ1v) is 9.42. The van der Waals surface area contributed by atoms with E-state index in [0.717, 1.165) is 40.9 Å². The van der Waals surface area contributed by atoms with E-state index in [1.165, 1.54) is 0 Å². The minimum Gasteiger partial charge on any atom is -0.464 e. The maximum absolute atomic E-state index is 12.3. The van der Waals surface area contributed by atoms with Crippen LogP contribution in [0.3, 0.4) is 0 Å². The first-order valence-electron chi connectivity index (χ1n) is 9.42. The molecule has 0 fully saturated rings. The van der Waals surface area contributed by atoms with E-state index in [1.54, 1.807) is 18.4 Å². The Morgan fingerprint density at radius 2 is 1.71 bits per heavy atom. The number of nitrogens with zero attached hydrogens (tertiary/aromatic N) is 1. The number of aryl methyl sites for hydroxylation is 1. The summed E-state index contributed by atoms with van der Waals surface area (Å²) in [6.07, 6.45) is 1.70. The molecule has 6 nitrogen and oxygen atoms in total. The molecule has 2 amide bonds. The Kier molecular flexibility index (Phi) is 5.99. The maximum atomic E-state index is 12.3. The molecule has 2 aromatic carbocycles. The van der Waals surface area contributed by atoms with E-state index in [1.807, 2.05) is 37.3 Å². The Labute approximate surface area is 164 Å². The van der Waals surface area contributed by atoms with Crippen molar-refractivity contribution in [3.8, 4) is 0 Å². The predicted octanol–water partition coefficient (Wildman–Crippen LogP) is 3.59. The normalized spacial score (nSPS) is 10.7. The Bertz CT molecular complexity index is 972. The highest BCUT2D eigenvalue weighted by molar-refractivity contribution is 5.96. The van der Waals surface area contributed by atoms with Gasteiger partial charge in [0, 0.05) is 35.3 Å². The standard InChI is InChI=1S/C22H25N3O3/c1-4-25(5-2)18-9-7-16(8-10-18)22(27)24-23-21(26)13-17-14-28-20-12-15(3)6-11-19(17)20/h6-12,14H,4-5,13H2,1-3H3,(H,23,26)(H,24,27). The van der Waals surface area contributed by atoms with Crippen LogP contribution < -0.4 is 15.8 Å². The Morgan fingerprint density at radius 1 is 1.00 bits per heavy atom. The van der Waals surface area contributed by atoms with E-state index >= 15 is 0 Å². The van der Waals surface area contributed by atoms with Gasteiger partial charge in [-0.1, -0.05) is 12.1 Å². The highest BCUT2D eigenvalue weighted by Crippen LogP contribution is 2.22. The zero-order chi connectivity index (χ0) is 20.1. The number of hydrogen-bond donors (Lipinski definition) is 2. The first kappa shape index (κ1) is 19.5. The van der Waals surface area contributed by atoms with Crippen LogP contribution in [0.2, 0.25) is 0 Å². The zero-order valence-corrected chi connectivity index (χ0v) is 16.4. The molecule has 0 atom stereocenters. The summed E-state index contributed by atoms with van der Waals surface area (Å²) in [7, 11) is 0. The van der Waals surface area contributed by atoms with Crippen LogP contribution >= 0.6 is 0 Å². The molecule has 0 radical (unpaired) electrons. The smallest absolute Gasteiger partial charge is 0.269 e. The Morgan fingerprint density at radius 3 is 2.39 bits per heavy atom. The summed E-state index contributed by atoms with van der Waals surface area (Å²) in [5, 5.41) is 0.902. The van der Waals surface area contributed by atoms with Crippen LogP contribution in [-0.2, 0) is 11.2 Å². The second-order valence-corrected chi connectivity index (χ2v) is 6.66. The summed E-state index contributed by atoms with van der Waals surface area (Å²) in [4.78, 5) is 26.7. The number of amides is 2. The van der Waals surface area contributed by atoms with Crippen LogP contribution in [0.4, 0.5) is 5.69 Å². The first-order chi connectivity index (χ1) is 13.5. The number of rotatable bonds is 6. The van der Waals surface area contributed by atoms with Gasteiger partial charge in [-0.3, -0.25) is 20.4 Å². The number of fused-ring (bicyclic) bond motifs is 1. The molecule has 28 heavy (non-hydrogen) atoms. The number of carbonyl (C=O) groups excluding carboxylic acids is 2. The number of anilines is 1. The molecule has 0 unspecified atom stereocenters. The van der Waals surface area contributed by atoms with Crippen molar-refractivity contribution in [2.75, 3.05) is 18.0 Å². The van der Waals surface area contributed by atoms with Crippen LogP contribution in [0, 0.1) is 6.92 Å². The molecule has 0 saturated carbocycles. The van der Waals surface area contributed by atoms with E-state index in [4.69, 9.17) is 4.42 Å². The molecule has 1 aromatic heterocycles. The number of furan rings is 1. The highest BCUT2D eigenvalue weighted by Gasteiger charge is 2.12. The van der Waals surface area contributed by atoms with Gasteiger partial charge >= 0.3 is 0 Å². The fraction of sp³-hybridized carbons (Fsp3) is 0.273. The van der Waals surface area contributed by atoms with Crippen molar-refractivity contribution >= 4 is 28.5 Å². The molecule has 3 rings (SSSR count). The summed E-state index contributed by atoms with van der Waals surface area (Å²) in [5.74, 6) is -0.663. The number of carbonyl (C=O) groups is 2. The predicted molar refractivity (Wildman–Crippen MR) is 110 cm³/mol. The molecule has 0 aliphatic carbocycles. The van der Waals surface area contributed by atoms with Crippen LogP contribution in [0.15, 0.2) is 53.1 Å². The summed E-state index contributed by atoms with van der Waals surface area (Å²) in [6.45, 7) is 7.97. The van der Waals surface area contributed by atoms with Crippen LogP contribution in [0.5, 0.6) is 0 Å². The summed E-state index contributed by atoms with van der Waals surface area (Å²) in [5.41, 5.74) is 9.10. The molecule has 0 bridgehead atoms. The molecule has 6 heteroatoms. The van der Waals surface area contributed by atoms with Crippen molar-refractivity contribution in [2.45, 2.75) is 27.2 Å². The third-order valence-corrected chi connectivity index (χ3v) is 4.74. The SMILES string of the molecule is CCN(CC)c1ccc(C(=O)NNC(=O)Cc2coc3cc(C)ccc23)cc1. The maximum Gasteiger partial charge on any atom is 0.269 e. The zero-order valence-electron chi connectivity index (χ0n) is 16.4. The summed E-state index contributed by atoms with van der Waals surface area (Å²) < 4.78 is 5.50. The van der Waals surface area contributed by atoms with E-state index in [2.05, 4.69) is 29.6 Å². The summed E-state index contributed by atoms with van der Waals surface area (Å²) >= 11 is 0. The van der Waals surface area contributed by atoms with Crippen LogP contribution in [0.1, 0.15) is 35.3 Å². The monoisotopic (exact) mass is 379 g/mol. The molecular weight excluding hydrogens is 354 g/mol. The van der Waals surface area contributed by atoms with Gasteiger partial charge in [0.25, 0.3) is 5.91 Å². The molecule has 0 saturated heterocycles. The van der Waals surface area contributed by atoms with Gasteiger partial charge in [0.05, 0.1) is 12.7 Å². The minimum absolute atomic E-state index is 0.122. The number of hydrazine groups is 1. The summed E-state index contributed by atoms with van der Waals surface area (Å²) in [6, 6.07) is 13.2. The third kappa shape index (κ3) is 4.34. The molecule has 146 valence electrons. The number of nitrogens with one attached hydrogen (secondary N) is 2. The fourth-order valence-corrected chi connectivity index (χ4v) is 3.16. The third-order valence-electron chi connectivity index (χ3n) is 4.74. The molecule has 0 aliphatic heterocycles. The van der Waals surface area contributed by atoms with Gasteiger partial charge in [-0.2, -0.15) is 0 Å². The van der Waals surface area contributed by atoms with Crippen molar-refractivity contribution in [1.29, 1.82) is 0 Å². The van der Waals surface area contributed by atoms with Gasteiger partial charge in [0.2, 0.25) is 5.91 Å². The van der Waals surface area contributed by atoms with Gasteiger partial charge < -0.3 is 9.32 Å². The van der Waals surface area contributed by atoms with Crippen molar-refractivity contribution in [3.63, 3.8) is 0 Å². The van der Waals surface area contributed by atoms with Gasteiger partial charge in [0.1, 0.15) is 5.58 Å². The molecule has 3 aromatic rings. The lowest BCUT2D eigenvalue weighted by molar-refractivity contribution is -0.121. The lowest BCUT2D eigenvalue weighted by atomic mass is 10.1. The van der Waals surface area contributed by atoms with Crippen molar-refractivity contribution < 1.29 is 14.0 Å². The van der Waals surface area contributed by atoms with Crippen LogP contribution in [0.25, 0.3) is 11.0 Å². The molecule has 2 N–H and O–H groups in total. The number of hydrogen-bond acceptors (Lipinski definition) is 4. The fourth-order valence-electron chi connectivity index (χ4n) is 3.16. The van der Waals surface area contributed by atoms with E-state index < -0.39 is 0 Å². The highest BCUT2D eigenvalue weighted by atomic mass is 16.3. The second-order valence-electron chi connectivity index (χ2n) is 6.66.